The number of hydrogen-bond acceptors (Lipinski definition) is 3. The van der Waals surface area contributed by atoms with Crippen molar-refractivity contribution in [2.45, 2.75) is 26.0 Å². The van der Waals surface area contributed by atoms with Crippen LogP contribution < -0.4 is 5.69 Å². The summed E-state index contributed by atoms with van der Waals surface area (Å²) in [5.41, 5.74) is 5.34. The minimum Gasteiger partial charge on any atom is -0.393 e. The van der Waals surface area contributed by atoms with Crippen molar-refractivity contribution in [3.63, 3.8) is 0 Å². The topological polar surface area (TPSA) is 86.7 Å². The number of hydrogen-bond donors (Lipinski definition) is 3. The summed E-state index contributed by atoms with van der Waals surface area (Å²) in [6.07, 6.45) is 1.87. The lowest BCUT2D eigenvalue weighted by Crippen LogP contribution is -2.11. The number of nitrogens with zero attached hydrogens (tertiary/aromatic N) is 2. The molecule has 4 rings (SSSR count). The van der Waals surface area contributed by atoms with E-state index < -0.39 is 6.10 Å². The van der Waals surface area contributed by atoms with Crippen molar-refractivity contribution >= 4 is 11.0 Å². The second-order valence-corrected chi connectivity index (χ2v) is 6.55. The summed E-state index contributed by atoms with van der Waals surface area (Å²) in [6, 6.07) is 15.8. The minimum absolute atomic E-state index is 0.207. The predicted octanol–water partition coefficient (Wildman–Crippen LogP) is 2.69. The molecular weight excluding hydrogens is 328 g/mol. The van der Waals surface area contributed by atoms with E-state index in [1.165, 1.54) is 0 Å². The molecular formula is C20H20N4O2. The van der Waals surface area contributed by atoms with Gasteiger partial charge in [0.2, 0.25) is 0 Å². The van der Waals surface area contributed by atoms with E-state index in [2.05, 4.69) is 19.5 Å². The number of aromatic nitrogens is 4. The summed E-state index contributed by atoms with van der Waals surface area (Å²) in [5, 5.41) is 9.95. The van der Waals surface area contributed by atoms with E-state index in [4.69, 9.17) is 0 Å². The van der Waals surface area contributed by atoms with Crippen LogP contribution in [-0.2, 0) is 13.0 Å². The van der Waals surface area contributed by atoms with Crippen LogP contribution >= 0.6 is 0 Å². The molecule has 6 nitrogen and oxygen atoms in total. The number of aliphatic hydroxyl groups is 1. The number of nitrogens with one attached hydrogen (secondary N) is 2. The molecule has 0 radical (unpaired) electrons. The molecule has 4 aromatic rings. The van der Waals surface area contributed by atoms with E-state index in [-0.39, 0.29) is 5.69 Å². The van der Waals surface area contributed by atoms with Gasteiger partial charge in [0.05, 0.1) is 29.2 Å². The molecule has 1 atom stereocenters. The Kier molecular flexibility index (Phi) is 4.18. The summed E-state index contributed by atoms with van der Waals surface area (Å²) < 4.78 is 2.06. The molecule has 2 heterocycles. The fraction of sp³-hybridized carbons (Fsp3) is 0.200. The van der Waals surface area contributed by atoms with Gasteiger partial charge >= 0.3 is 5.69 Å². The average Bonchev–Trinajstić information content (AvgIpc) is 3.18. The first kappa shape index (κ1) is 16.4. The highest BCUT2D eigenvalue weighted by Crippen LogP contribution is 2.24. The molecule has 0 aliphatic rings. The van der Waals surface area contributed by atoms with E-state index in [0.29, 0.717) is 13.0 Å². The maximum atomic E-state index is 11.4. The molecule has 6 heteroatoms. The predicted molar refractivity (Wildman–Crippen MR) is 101 cm³/mol. The van der Waals surface area contributed by atoms with Gasteiger partial charge in [-0.15, -0.1) is 0 Å². The van der Waals surface area contributed by atoms with Crippen molar-refractivity contribution in [1.29, 1.82) is 0 Å². The maximum Gasteiger partial charge on any atom is 0.323 e. The number of H-pyrrole nitrogens is 2. The number of benzene rings is 2. The van der Waals surface area contributed by atoms with Crippen LogP contribution in [0.2, 0.25) is 0 Å². The van der Waals surface area contributed by atoms with Crippen LogP contribution in [0, 0.1) is 0 Å². The van der Waals surface area contributed by atoms with Crippen LogP contribution in [-0.4, -0.2) is 30.7 Å². The van der Waals surface area contributed by atoms with Crippen LogP contribution in [0.15, 0.2) is 59.7 Å². The third kappa shape index (κ3) is 3.19. The molecule has 0 spiro atoms. The minimum atomic E-state index is -0.462. The second-order valence-electron chi connectivity index (χ2n) is 6.55. The first-order chi connectivity index (χ1) is 12.6. The van der Waals surface area contributed by atoms with Crippen LogP contribution in [0.3, 0.4) is 0 Å². The number of imidazole rings is 2. The Bertz CT molecular complexity index is 1090. The molecule has 2 aromatic carbocycles. The zero-order valence-electron chi connectivity index (χ0n) is 14.4. The molecule has 0 amide bonds. The smallest absolute Gasteiger partial charge is 0.323 e. The molecule has 3 N–H and O–H groups in total. The number of fused-ring (bicyclic) bond motifs is 1. The average molecular weight is 348 g/mol. The lowest BCUT2D eigenvalue weighted by atomic mass is 10.1. The van der Waals surface area contributed by atoms with Gasteiger partial charge in [-0.25, -0.2) is 9.78 Å². The first-order valence-electron chi connectivity index (χ1n) is 8.58. The van der Waals surface area contributed by atoms with Crippen LogP contribution in [0.4, 0.5) is 0 Å². The molecule has 1 unspecified atom stereocenters. The third-order valence-corrected chi connectivity index (χ3v) is 4.42. The summed E-state index contributed by atoms with van der Waals surface area (Å²) in [6.45, 7) is 2.40. The molecule has 0 fully saturated rings. The Labute approximate surface area is 150 Å². The van der Waals surface area contributed by atoms with E-state index >= 15 is 0 Å². The van der Waals surface area contributed by atoms with Crippen molar-refractivity contribution in [2.75, 3.05) is 0 Å². The van der Waals surface area contributed by atoms with E-state index in [0.717, 1.165) is 33.5 Å². The van der Waals surface area contributed by atoms with Crippen LogP contribution in [0.1, 0.15) is 18.2 Å². The van der Waals surface area contributed by atoms with Crippen LogP contribution in [0.25, 0.3) is 22.3 Å². The van der Waals surface area contributed by atoms with Gasteiger partial charge in [-0.3, -0.25) is 0 Å². The fourth-order valence-electron chi connectivity index (χ4n) is 3.25. The monoisotopic (exact) mass is 348 g/mol. The number of aromatic amines is 2. The zero-order valence-corrected chi connectivity index (χ0v) is 14.4. The van der Waals surface area contributed by atoms with Gasteiger partial charge in [0, 0.05) is 24.2 Å². The highest BCUT2D eigenvalue weighted by molar-refractivity contribution is 5.75. The van der Waals surface area contributed by atoms with Crippen molar-refractivity contribution in [1.82, 2.24) is 19.5 Å². The number of aliphatic hydroxyl groups excluding tert-OH is 1. The van der Waals surface area contributed by atoms with Gasteiger partial charge in [0.25, 0.3) is 0 Å². The molecule has 0 bridgehead atoms. The fourth-order valence-corrected chi connectivity index (χ4v) is 3.25. The molecule has 2 aromatic heterocycles. The molecule has 0 saturated carbocycles. The Hall–Kier alpha value is -3.12. The Morgan fingerprint density at radius 2 is 1.88 bits per heavy atom. The largest absolute Gasteiger partial charge is 0.393 e. The molecule has 0 saturated heterocycles. The van der Waals surface area contributed by atoms with Gasteiger partial charge in [-0.1, -0.05) is 36.4 Å². The summed E-state index contributed by atoms with van der Waals surface area (Å²) in [5.74, 6) is 0. The Morgan fingerprint density at radius 1 is 1.12 bits per heavy atom. The van der Waals surface area contributed by atoms with Gasteiger partial charge in [0.15, 0.2) is 0 Å². The first-order valence-corrected chi connectivity index (χ1v) is 8.58. The third-order valence-electron chi connectivity index (χ3n) is 4.42. The lowest BCUT2D eigenvalue weighted by Gasteiger charge is -2.12. The van der Waals surface area contributed by atoms with Gasteiger partial charge in [0.1, 0.15) is 0 Å². The lowest BCUT2D eigenvalue weighted by molar-refractivity contribution is 0.193. The molecule has 0 aliphatic heterocycles. The summed E-state index contributed by atoms with van der Waals surface area (Å²) in [4.78, 5) is 21.6. The van der Waals surface area contributed by atoms with Crippen molar-refractivity contribution < 1.29 is 5.11 Å². The summed E-state index contributed by atoms with van der Waals surface area (Å²) >= 11 is 0. The second kappa shape index (κ2) is 6.65. The van der Waals surface area contributed by atoms with Crippen molar-refractivity contribution in [3.05, 3.63) is 76.6 Å². The molecule has 0 aliphatic carbocycles. The quantitative estimate of drug-likeness (QED) is 0.518. The van der Waals surface area contributed by atoms with Crippen molar-refractivity contribution in [2.24, 2.45) is 0 Å². The SMILES string of the molecule is CC(O)Cc1c(-c2ccccc2)ncn1Cc1ccc2[nH]c(=O)[nH]c2c1. The maximum absolute atomic E-state index is 11.4. The van der Waals surface area contributed by atoms with Gasteiger partial charge in [-0.05, 0) is 24.6 Å². The highest BCUT2D eigenvalue weighted by atomic mass is 16.3. The summed E-state index contributed by atoms with van der Waals surface area (Å²) in [7, 11) is 0. The Balaban J connectivity index is 1.72. The highest BCUT2D eigenvalue weighted by Gasteiger charge is 2.15. The Morgan fingerprint density at radius 3 is 2.65 bits per heavy atom. The van der Waals surface area contributed by atoms with E-state index in [9.17, 15) is 9.90 Å². The number of rotatable bonds is 5. The van der Waals surface area contributed by atoms with Gasteiger partial charge < -0.3 is 19.6 Å². The molecule has 26 heavy (non-hydrogen) atoms. The molecule has 132 valence electrons. The van der Waals surface area contributed by atoms with Gasteiger partial charge in [-0.2, -0.15) is 0 Å². The standard InChI is InChI=1S/C20H20N4O2/c1-13(25)9-18-19(15-5-3-2-4-6-15)21-12-24(18)11-14-7-8-16-17(10-14)23-20(26)22-16/h2-8,10,12-13,25H,9,11H2,1H3,(H2,22,23,26). The zero-order chi connectivity index (χ0) is 18.1. The normalized spacial score (nSPS) is 12.5. The van der Waals surface area contributed by atoms with E-state index in [1.807, 2.05) is 54.9 Å². The van der Waals surface area contributed by atoms with Crippen LogP contribution in [0.5, 0.6) is 0 Å². The van der Waals surface area contributed by atoms with Crippen molar-refractivity contribution in [3.8, 4) is 11.3 Å². The van der Waals surface area contributed by atoms with E-state index in [1.54, 1.807) is 6.92 Å².